The molecule has 1 heterocycles. The van der Waals surface area contributed by atoms with Crippen molar-refractivity contribution >= 4 is 11.6 Å². The lowest BCUT2D eigenvalue weighted by atomic mass is 9.88. The van der Waals surface area contributed by atoms with Crippen LogP contribution in [0.25, 0.3) is 0 Å². The van der Waals surface area contributed by atoms with Crippen LogP contribution in [0.2, 0.25) is 0 Å². The number of para-hydroxylation sites is 1. The van der Waals surface area contributed by atoms with Crippen LogP contribution < -0.4 is 10.2 Å². The summed E-state index contributed by atoms with van der Waals surface area (Å²) < 4.78 is 0. The standard InChI is InChI=1S/C21H33N3O/c1-18(22-21(25)19-8-4-2-5-9-19)12-13-23-14-16-24(17-15-23)20-10-6-3-7-11-20/h3,6-7,10-11,18-19H,2,4-5,8-9,12-17H2,1H3,(H,22,25). The van der Waals surface area contributed by atoms with E-state index in [1.54, 1.807) is 0 Å². The zero-order chi connectivity index (χ0) is 17.5. The van der Waals surface area contributed by atoms with Crippen LogP contribution in [-0.2, 0) is 4.79 Å². The van der Waals surface area contributed by atoms with Gasteiger partial charge >= 0.3 is 0 Å². The van der Waals surface area contributed by atoms with Gasteiger partial charge in [-0.05, 0) is 38.3 Å². The molecule has 0 spiro atoms. The third kappa shape index (κ3) is 5.46. The van der Waals surface area contributed by atoms with Crippen molar-refractivity contribution in [2.75, 3.05) is 37.6 Å². The fraction of sp³-hybridized carbons (Fsp3) is 0.667. The molecule has 1 N–H and O–H groups in total. The molecule has 1 unspecified atom stereocenters. The van der Waals surface area contributed by atoms with Crippen LogP contribution in [0.3, 0.4) is 0 Å². The molecule has 1 aliphatic carbocycles. The van der Waals surface area contributed by atoms with Crippen LogP contribution in [0.5, 0.6) is 0 Å². The average molecular weight is 344 g/mol. The number of nitrogens with one attached hydrogen (secondary N) is 1. The summed E-state index contributed by atoms with van der Waals surface area (Å²) >= 11 is 0. The Hall–Kier alpha value is -1.55. The average Bonchev–Trinajstić information content (AvgIpc) is 2.68. The van der Waals surface area contributed by atoms with E-state index < -0.39 is 0 Å². The molecule has 3 rings (SSSR count). The van der Waals surface area contributed by atoms with Gasteiger partial charge in [0, 0.05) is 50.4 Å². The Morgan fingerprint density at radius 1 is 1.08 bits per heavy atom. The predicted molar refractivity (Wildman–Crippen MR) is 104 cm³/mol. The van der Waals surface area contributed by atoms with E-state index >= 15 is 0 Å². The Balaban J connectivity index is 1.34. The normalized spacial score (nSPS) is 21.1. The summed E-state index contributed by atoms with van der Waals surface area (Å²) in [5, 5.41) is 3.25. The second-order valence-corrected chi connectivity index (χ2v) is 7.70. The van der Waals surface area contributed by atoms with Crippen LogP contribution in [0.4, 0.5) is 5.69 Å². The number of rotatable bonds is 6. The number of amides is 1. The number of hydrogen-bond acceptors (Lipinski definition) is 3. The molecule has 1 atom stereocenters. The fourth-order valence-corrected chi connectivity index (χ4v) is 4.04. The first-order valence-corrected chi connectivity index (χ1v) is 10.0. The van der Waals surface area contributed by atoms with E-state index in [0.29, 0.717) is 5.91 Å². The van der Waals surface area contributed by atoms with E-state index in [4.69, 9.17) is 0 Å². The van der Waals surface area contributed by atoms with Crippen molar-refractivity contribution < 1.29 is 4.79 Å². The summed E-state index contributed by atoms with van der Waals surface area (Å²) in [5.74, 6) is 0.562. The van der Waals surface area contributed by atoms with Gasteiger partial charge in [0.25, 0.3) is 0 Å². The van der Waals surface area contributed by atoms with Gasteiger partial charge in [0.1, 0.15) is 0 Å². The Labute approximate surface area is 152 Å². The molecule has 0 radical (unpaired) electrons. The number of nitrogens with zero attached hydrogens (tertiary/aromatic N) is 2. The van der Waals surface area contributed by atoms with Gasteiger partial charge in [-0.15, -0.1) is 0 Å². The molecule has 4 nitrogen and oxygen atoms in total. The topological polar surface area (TPSA) is 35.6 Å². The SMILES string of the molecule is CC(CCN1CCN(c2ccccc2)CC1)NC(=O)C1CCCCC1. The molecule has 138 valence electrons. The van der Waals surface area contributed by atoms with E-state index in [-0.39, 0.29) is 12.0 Å². The molecule has 2 aliphatic rings. The number of benzene rings is 1. The van der Waals surface area contributed by atoms with Crippen molar-refractivity contribution in [2.24, 2.45) is 5.92 Å². The van der Waals surface area contributed by atoms with Crippen molar-refractivity contribution in [3.05, 3.63) is 30.3 Å². The van der Waals surface area contributed by atoms with Crippen LogP contribution in [0.1, 0.15) is 45.4 Å². The number of carbonyl (C=O) groups excluding carboxylic acids is 1. The molecular weight excluding hydrogens is 310 g/mol. The minimum absolute atomic E-state index is 0.269. The first-order chi connectivity index (χ1) is 12.2. The minimum Gasteiger partial charge on any atom is -0.369 e. The van der Waals surface area contributed by atoms with Gasteiger partial charge in [0.2, 0.25) is 5.91 Å². The van der Waals surface area contributed by atoms with E-state index in [9.17, 15) is 4.79 Å². The van der Waals surface area contributed by atoms with Crippen LogP contribution in [0, 0.1) is 5.92 Å². The number of piperazine rings is 1. The highest BCUT2D eigenvalue weighted by Crippen LogP contribution is 2.23. The van der Waals surface area contributed by atoms with Gasteiger partial charge in [-0.1, -0.05) is 37.5 Å². The molecule has 1 amide bonds. The Morgan fingerprint density at radius 2 is 1.76 bits per heavy atom. The molecule has 25 heavy (non-hydrogen) atoms. The monoisotopic (exact) mass is 343 g/mol. The predicted octanol–water partition coefficient (Wildman–Crippen LogP) is 3.28. The van der Waals surface area contributed by atoms with E-state index in [1.807, 2.05) is 0 Å². The molecule has 0 aromatic heterocycles. The summed E-state index contributed by atoms with van der Waals surface area (Å²) in [7, 11) is 0. The van der Waals surface area contributed by atoms with Crippen LogP contribution in [-0.4, -0.2) is 49.6 Å². The van der Waals surface area contributed by atoms with Crippen molar-refractivity contribution in [3.63, 3.8) is 0 Å². The molecule has 1 saturated carbocycles. The van der Waals surface area contributed by atoms with Gasteiger partial charge in [-0.3, -0.25) is 9.69 Å². The molecule has 1 saturated heterocycles. The summed E-state index contributed by atoms with van der Waals surface area (Å²) in [4.78, 5) is 17.3. The molecule has 4 heteroatoms. The van der Waals surface area contributed by atoms with Crippen molar-refractivity contribution in [2.45, 2.75) is 51.5 Å². The molecule has 1 aliphatic heterocycles. The quantitative estimate of drug-likeness (QED) is 0.861. The summed E-state index contributed by atoms with van der Waals surface area (Å²) in [6.45, 7) is 7.63. The third-order valence-electron chi connectivity index (χ3n) is 5.74. The molecule has 0 bridgehead atoms. The van der Waals surface area contributed by atoms with Crippen molar-refractivity contribution in [1.82, 2.24) is 10.2 Å². The lowest BCUT2D eigenvalue weighted by Gasteiger charge is -2.36. The first kappa shape index (κ1) is 18.2. The molecule has 2 fully saturated rings. The van der Waals surface area contributed by atoms with Gasteiger partial charge in [0.15, 0.2) is 0 Å². The molecular formula is C21H33N3O. The van der Waals surface area contributed by atoms with Gasteiger partial charge in [-0.25, -0.2) is 0 Å². The second-order valence-electron chi connectivity index (χ2n) is 7.70. The lowest BCUT2D eigenvalue weighted by Crippen LogP contribution is -2.48. The number of anilines is 1. The van der Waals surface area contributed by atoms with Gasteiger partial charge < -0.3 is 10.2 Å². The maximum absolute atomic E-state index is 12.3. The highest BCUT2D eigenvalue weighted by atomic mass is 16.1. The molecule has 1 aromatic rings. The Bertz CT molecular complexity index is 519. The Morgan fingerprint density at radius 3 is 2.44 bits per heavy atom. The highest BCUT2D eigenvalue weighted by Gasteiger charge is 2.23. The Kier molecular flexibility index (Phi) is 6.74. The lowest BCUT2D eigenvalue weighted by molar-refractivity contribution is -0.126. The maximum Gasteiger partial charge on any atom is 0.223 e. The summed E-state index contributed by atoms with van der Waals surface area (Å²) in [6.07, 6.45) is 6.95. The number of carbonyl (C=O) groups is 1. The van der Waals surface area contributed by atoms with Crippen molar-refractivity contribution in [1.29, 1.82) is 0 Å². The second kappa shape index (κ2) is 9.23. The van der Waals surface area contributed by atoms with E-state index in [0.717, 1.165) is 52.0 Å². The minimum atomic E-state index is 0.269. The molecule has 1 aromatic carbocycles. The highest BCUT2D eigenvalue weighted by molar-refractivity contribution is 5.78. The zero-order valence-electron chi connectivity index (χ0n) is 15.6. The third-order valence-corrected chi connectivity index (χ3v) is 5.74. The summed E-state index contributed by atoms with van der Waals surface area (Å²) in [5.41, 5.74) is 1.33. The van der Waals surface area contributed by atoms with Crippen LogP contribution in [0.15, 0.2) is 30.3 Å². The summed E-state index contributed by atoms with van der Waals surface area (Å²) in [6, 6.07) is 11.0. The smallest absolute Gasteiger partial charge is 0.223 e. The number of hydrogen-bond donors (Lipinski definition) is 1. The van der Waals surface area contributed by atoms with Crippen LogP contribution >= 0.6 is 0 Å². The first-order valence-electron chi connectivity index (χ1n) is 10.0. The van der Waals surface area contributed by atoms with E-state index in [2.05, 4.69) is 52.4 Å². The van der Waals surface area contributed by atoms with Crippen molar-refractivity contribution in [3.8, 4) is 0 Å². The maximum atomic E-state index is 12.3. The van der Waals surface area contributed by atoms with E-state index in [1.165, 1.54) is 24.9 Å². The zero-order valence-corrected chi connectivity index (χ0v) is 15.6. The van der Waals surface area contributed by atoms with Gasteiger partial charge in [-0.2, -0.15) is 0 Å². The van der Waals surface area contributed by atoms with Gasteiger partial charge in [0.05, 0.1) is 0 Å². The largest absolute Gasteiger partial charge is 0.369 e. The fourth-order valence-electron chi connectivity index (χ4n) is 4.04.